The summed E-state index contributed by atoms with van der Waals surface area (Å²) in [6.07, 6.45) is 8.00. The van der Waals surface area contributed by atoms with Gasteiger partial charge < -0.3 is 15.4 Å². The molecule has 0 radical (unpaired) electrons. The molecule has 2 amide bonds. The largest absolute Gasteiger partial charge is 0.463 e. The van der Waals surface area contributed by atoms with Crippen molar-refractivity contribution in [2.75, 3.05) is 18.5 Å². The first-order valence-corrected chi connectivity index (χ1v) is 10.9. The lowest BCUT2D eigenvalue weighted by Gasteiger charge is -2.32. The highest BCUT2D eigenvalue weighted by Gasteiger charge is 2.32. The molecule has 3 rings (SSSR count). The lowest BCUT2D eigenvalue weighted by molar-refractivity contribution is -0.137. The van der Waals surface area contributed by atoms with Crippen molar-refractivity contribution in [2.24, 2.45) is 11.8 Å². The molecule has 1 saturated carbocycles. The van der Waals surface area contributed by atoms with Crippen molar-refractivity contribution in [3.8, 4) is 0 Å². The zero-order chi connectivity index (χ0) is 21.7. The summed E-state index contributed by atoms with van der Waals surface area (Å²) < 4.78 is 4.92. The minimum Gasteiger partial charge on any atom is -0.463 e. The van der Waals surface area contributed by atoms with Gasteiger partial charge in [0, 0.05) is 35.7 Å². The molecular weight excluding hydrogens is 380 g/mol. The van der Waals surface area contributed by atoms with Crippen molar-refractivity contribution >= 4 is 23.5 Å². The van der Waals surface area contributed by atoms with E-state index < -0.39 is 0 Å². The van der Waals surface area contributed by atoms with E-state index >= 15 is 0 Å². The van der Waals surface area contributed by atoms with Crippen LogP contribution >= 0.6 is 0 Å². The highest BCUT2D eigenvalue weighted by Crippen LogP contribution is 2.37. The van der Waals surface area contributed by atoms with Crippen molar-refractivity contribution in [3.63, 3.8) is 0 Å². The molecule has 0 unspecified atom stereocenters. The number of allylic oxidation sites excluding steroid dienone is 1. The van der Waals surface area contributed by atoms with Crippen LogP contribution < -0.4 is 10.6 Å². The molecule has 6 nitrogen and oxygen atoms in total. The molecule has 6 heteroatoms. The van der Waals surface area contributed by atoms with E-state index in [0.717, 1.165) is 36.9 Å². The Balaban J connectivity index is 1.50. The molecule has 1 aliphatic heterocycles. The Morgan fingerprint density at radius 1 is 1.23 bits per heavy atom. The van der Waals surface area contributed by atoms with Crippen LogP contribution in [0.4, 0.5) is 5.69 Å². The topological polar surface area (TPSA) is 84.5 Å². The van der Waals surface area contributed by atoms with Crippen LogP contribution in [-0.2, 0) is 19.7 Å². The van der Waals surface area contributed by atoms with E-state index in [2.05, 4.69) is 10.6 Å². The van der Waals surface area contributed by atoms with Crippen LogP contribution in [0, 0.1) is 11.8 Å². The third-order valence-corrected chi connectivity index (χ3v) is 6.12. The van der Waals surface area contributed by atoms with E-state index in [9.17, 15) is 14.4 Å². The first kappa shape index (κ1) is 22.1. The number of nitrogens with one attached hydrogen (secondary N) is 2. The second-order valence-corrected chi connectivity index (χ2v) is 8.97. The van der Waals surface area contributed by atoms with Crippen molar-refractivity contribution in [1.82, 2.24) is 5.32 Å². The molecule has 0 aromatic heterocycles. The number of benzene rings is 1. The van der Waals surface area contributed by atoms with E-state index in [4.69, 9.17) is 4.74 Å². The van der Waals surface area contributed by atoms with Crippen LogP contribution in [0.3, 0.4) is 0 Å². The number of esters is 1. The van der Waals surface area contributed by atoms with Gasteiger partial charge in [-0.25, -0.2) is 4.79 Å². The Bertz CT molecular complexity index is 836. The Labute approximate surface area is 178 Å². The first-order chi connectivity index (χ1) is 14.3. The smallest absolute Gasteiger partial charge is 0.330 e. The number of ether oxygens (including phenoxy) is 1. The zero-order valence-electron chi connectivity index (χ0n) is 18.1. The van der Waals surface area contributed by atoms with Crippen LogP contribution in [0.1, 0.15) is 68.8 Å². The summed E-state index contributed by atoms with van der Waals surface area (Å²) in [5.41, 5.74) is 2.14. The quantitative estimate of drug-likeness (QED) is 0.547. The highest BCUT2D eigenvalue weighted by molar-refractivity contribution is 5.98. The van der Waals surface area contributed by atoms with Crippen LogP contribution in [0.2, 0.25) is 0 Å². The van der Waals surface area contributed by atoms with Gasteiger partial charge in [-0.3, -0.25) is 9.59 Å². The number of hydrogen-bond donors (Lipinski definition) is 2. The molecule has 2 aliphatic rings. The average Bonchev–Trinajstić information content (AvgIpc) is 2.70. The maximum absolute atomic E-state index is 12.7. The first-order valence-electron chi connectivity index (χ1n) is 10.9. The molecular formula is C24H32N2O4. The van der Waals surface area contributed by atoms with Gasteiger partial charge in [0.1, 0.15) is 0 Å². The molecule has 0 saturated heterocycles. The highest BCUT2D eigenvalue weighted by atomic mass is 16.5. The van der Waals surface area contributed by atoms with Crippen molar-refractivity contribution < 1.29 is 19.1 Å². The zero-order valence-corrected chi connectivity index (χ0v) is 18.1. The predicted octanol–water partition coefficient (Wildman–Crippen LogP) is 3.96. The minimum absolute atomic E-state index is 0.0115. The number of amides is 2. The van der Waals surface area contributed by atoms with Gasteiger partial charge in [0.25, 0.3) is 5.91 Å². The maximum atomic E-state index is 12.7. The summed E-state index contributed by atoms with van der Waals surface area (Å²) in [6.45, 7) is 6.91. The SMILES string of the molecule is CCOC(=O)C=C[C@H]1CC[C@H](CNC(=O)c2ccc3c(c2)C(C)(C)CC(=O)N3)CC1. The minimum atomic E-state index is -0.288. The standard InChI is InChI=1S/C24H32N2O4/c1-4-30-22(28)12-9-16-5-7-17(8-6-16)15-25-23(29)18-10-11-20-19(13-18)24(2,3)14-21(27)26-20/h9-13,16-17H,4-8,14-15H2,1-3H3,(H,25,29)(H,26,27)/t16-,17-. The van der Waals surface area contributed by atoms with Crippen LogP contribution in [-0.4, -0.2) is 30.9 Å². The van der Waals surface area contributed by atoms with Crippen LogP contribution in [0.25, 0.3) is 0 Å². The molecule has 1 fully saturated rings. The fourth-order valence-electron chi connectivity index (χ4n) is 4.37. The van der Waals surface area contributed by atoms with Gasteiger partial charge in [0.2, 0.25) is 5.91 Å². The molecule has 0 bridgehead atoms. The van der Waals surface area contributed by atoms with Gasteiger partial charge in [-0.2, -0.15) is 0 Å². The number of fused-ring (bicyclic) bond motifs is 1. The third-order valence-electron chi connectivity index (χ3n) is 6.12. The summed E-state index contributed by atoms with van der Waals surface area (Å²) in [5, 5.41) is 5.96. The van der Waals surface area contributed by atoms with Gasteiger partial charge in [-0.15, -0.1) is 0 Å². The normalized spacial score (nSPS) is 22.8. The van der Waals surface area contributed by atoms with Gasteiger partial charge >= 0.3 is 5.97 Å². The van der Waals surface area contributed by atoms with E-state index in [-0.39, 0.29) is 23.2 Å². The Morgan fingerprint density at radius 3 is 2.67 bits per heavy atom. The van der Waals surface area contributed by atoms with Gasteiger partial charge in [0.05, 0.1) is 6.61 Å². The number of hydrogen-bond acceptors (Lipinski definition) is 4. The number of anilines is 1. The van der Waals surface area contributed by atoms with Crippen LogP contribution in [0.5, 0.6) is 0 Å². The Kier molecular flexibility index (Phi) is 6.95. The van der Waals surface area contributed by atoms with E-state index in [1.54, 1.807) is 13.0 Å². The predicted molar refractivity (Wildman–Crippen MR) is 116 cm³/mol. The number of rotatable bonds is 6. The van der Waals surface area contributed by atoms with E-state index in [1.165, 1.54) is 6.08 Å². The molecule has 1 heterocycles. The molecule has 1 aliphatic carbocycles. The summed E-state index contributed by atoms with van der Waals surface area (Å²) in [5.74, 6) is 0.515. The van der Waals surface area contributed by atoms with E-state index in [1.807, 2.05) is 32.1 Å². The molecule has 1 aromatic carbocycles. The summed E-state index contributed by atoms with van der Waals surface area (Å²) in [7, 11) is 0. The molecule has 30 heavy (non-hydrogen) atoms. The fourth-order valence-corrected chi connectivity index (χ4v) is 4.37. The second-order valence-electron chi connectivity index (χ2n) is 8.97. The summed E-state index contributed by atoms with van der Waals surface area (Å²) in [6, 6.07) is 5.50. The Hall–Kier alpha value is -2.63. The fraction of sp³-hybridized carbons (Fsp3) is 0.542. The van der Waals surface area contributed by atoms with Gasteiger partial charge in [0.15, 0.2) is 0 Å². The Morgan fingerprint density at radius 2 is 1.97 bits per heavy atom. The van der Waals surface area contributed by atoms with Crippen molar-refractivity contribution in [2.45, 2.75) is 58.3 Å². The van der Waals surface area contributed by atoms with Crippen molar-refractivity contribution in [1.29, 1.82) is 0 Å². The summed E-state index contributed by atoms with van der Waals surface area (Å²) >= 11 is 0. The maximum Gasteiger partial charge on any atom is 0.330 e. The van der Waals surface area contributed by atoms with E-state index in [0.29, 0.717) is 37.0 Å². The third kappa shape index (κ3) is 5.49. The lowest BCUT2D eigenvalue weighted by Crippen LogP contribution is -2.34. The number of carbonyl (C=O) groups excluding carboxylic acids is 3. The molecule has 1 aromatic rings. The van der Waals surface area contributed by atoms with Crippen LogP contribution in [0.15, 0.2) is 30.4 Å². The molecule has 0 atom stereocenters. The average molecular weight is 413 g/mol. The number of carbonyl (C=O) groups is 3. The molecule has 2 N–H and O–H groups in total. The molecule has 0 spiro atoms. The van der Waals surface area contributed by atoms with Crippen molar-refractivity contribution in [3.05, 3.63) is 41.5 Å². The van der Waals surface area contributed by atoms with Gasteiger partial charge in [-0.05, 0) is 68.2 Å². The van der Waals surface area contributed by atoms with Gasteiger partial charge in [-0.1, -0.05) is 19.9 Å². The summed E-state index contributed by atoms with van der Waals surface area (Å²) in [4.78, 5) is 36.0. The lowest BCUT2D eigenvalue weighted by atomic mass is 9.77. The molecule has 162 valence electrons. The monoisotopic (exact) mass is 412 g/mol. The second kappa shape index (κ2) is 9.45.